The highest BCUT2D eigenvalue weighted by Gasteiger charge is 1.97. The number of carbonyl (C=O) groups excluding carboxylic acids is 1. The Morgan fingerprint density at radius 2 is 2.19 bits per heavy atom. The van der Waals surface area contributed by atoms with E-state index >= 15 is 0 Å². The smallest absolute Gasteiger partial charge is 0.244 e. The second-order valence-corrected chi connectivity index (χ2v) is 3.22. The van der Waals surface area contributed by atoms with Gasteiger partial charge in [-0.15, -0.1) is 6.58 Å². The summed E-state index contributed by atoms with van der Waals surface area (Å²) < 4.78 is 13.2. The second kappa shape index (κ2) is 6.56. The zero-order valence-electron chi connectivity index (χ0n) is 8.95. The zero-order valence-corrected chi connectivity index (χ0v) is 8.95. The minimum atomic E-state index is -0.336. The van der Waals surface area contributed by atoms with Crippen molar-refractivity contribution in [1.29, 1.82) is 0 Å². The van der Waals surface area contributed by atoms with E-state index in [4.69, 9.17) is 0 Å². The first kappa shape index (κ1) is 12.2. The van der Waals surface area contributed by atoms with Crippen molar-refractivity contribution in [3.05, 3.63) is 54.4 Å². The van der Waals surface area contributed by atoms with Gasteiger partial charge in [0.2, 0.25) is 5.91 Å². The molecule has 1 N–H and O–H groups in total. The van der Waals surface area contributed by atoms with Gasteiger partial charge < -0.3 is 5.32 Å². The van der Waals surface area contributed by atoms with Crippen LogP contribution in [0.4, 0.5) is 4.39 Å². The van der Waals surface area contributed by atoms with Crippen LogP contribution in [0, 0.1) is 5.82 Å². The minimum absolute atomic E-state index is 0.231. The van der Waals surface area contributed by atoms with Gasteiger partial charge in [0.15, 0.2) is 0 Å². The Morgan fingerprint density at radius 3 is 2.88 bits per heavy atom. The predicted molar refractivity (Wildman–Crippen MR) is 63.3 cm³/mol. The van der Waals surface area contributed by atoms with Crippen LogP contribution >= 0.6 is 0 Å². The summed E-state index contributed by atoms with van der Waals surface area (Å²) in [5.74, 6) is -0.567. The number of benzene rings is 1. The maximum Gasteiger partial charge on any atom is 0.244 e. The van der Waals surface area contributed by atoms with Crippen LogP contribution in [-0.2, 0) is 4.79 Å². The van der Waals surface area contributed by atoms with E-state index in [-0.39, 0.29) is 11.7 Å². The van der Waals surface area contributed by atoms with Crippen LogP contribution < -0.4 is 5.32 Å². The third kappa shape index (κ3) is 4.09. The molecular weight excluding hydrogens is 205 g/mol. The number of carbonyl (C=O) groups is 1. The number of halogens is 1. The molecule has 0 saturated carbocycles. The normalized spacial score (nSPS) is 10.3. The molecule has 2 nitrogen and oxygen atoms in total. The van der Waals surface area contributed by atoms with Crippen molar-refractivity contribution in [2.45, 2.75) is 6.42 Å². The minimum Gasteiger partial charge on any atom is -0.352 e. The Morgan fingerprint density at radius 1 is 1.44 bits per heavy atom. The number of nitrogens with one attached hydrogen (secondary N) is 1. The molecule has 0 aromatic heterocycles. The van der Waals surface area contributed by atoms with E-state index in [0.717, 1.165) is 6.42 Å². The summed E-state index contributed by atoms with van der Waals surface area (Å²) in [6.45, 7) is 4.09. The molecule has 1 aromatic carbocycles. The predicted octanol–water partition coefficient (Wildman–Crippen LogP) is 2.53. The van der Waals surface area contributed by atoms with Gasteiger partial charge in [-0.05, 0) is 18.6 Å². The standard InChI is InChI=1S/C13H14FNO/c1-2-3-10-15-13(16)9-8-11-6-4-5-7-12(11)14/h2,4-9H,1,3,10H2,(H,15,16)/b9-8+. The summed E-state index contributed by atoms with van der Waals surface area (Å²) in [4.78, 5) is 11.2. The molecule has 0 bridgehead atoms. The van der Waals surface area contributed by atoms with Gasteiger partial charge in [0, 0.05) is 18.2 Å². The average Bonchev–Trinajstić information content (AvgIpc) is 2.28. The molecule has 0 saturated heterocycles. The molecule has 1 aromatic rings. The lowest BCUT2D eigenvalue weighted by Crippen LogP contribution is -2.21. The quantitative estimate of drug-likeness (QED) is 0.460. The molecule has 16 heavy (non-hydrogen) atoms. The van der Waals surface area contributed by atoms with Gasteiger partial charge in [-0.2, -0.15) is 0 Å². The monoisotopic (exact) mass is 219 g/mol. The molecule has 1 amide bonds. The van der Waals surface area contributed by atoms with E-state index < -0.39 is 0 Å². The fourth-order valence-electron chi connectivity index (χ4n) is 1.13. The molecular formula is C13H14FNO. The van der Waals surface area contributed by atoms with Crippen molar-refractivity contribution in [2.75, 3.05) is 6.54 Å². The number of hydrogen-bond acceptors (Lipinski definition) is 1. The SMILES string of the molecule is C=CCCNC(=O)/C=C/c1ccccc1F. The van der Waals surface area contributed by atoms with E-state index in [0.29, 0.717) is 12.1 Å². The molecule has 0 aliphatic carbocycles. The van der Waals surface area contributed by atoms with Crippen LogP contribution in [0.2, 0.25) is 0 Å². The van der Waals surface area contributed by atoms with Crippen LogP contribution in [0.1, 0.15) is 12.0 Å². The zero-order chi connectivity index (χ0) is 11.8. The Bertz CT molecular complexity index is 399. The summed E-state index contributed by atoms with van der Waals surface area (Å²) in [6, 6.07) is 6.30. The fraction of sp³-hybridized carbons (Fsp3) is 0.154. The highest BCUT2D eigenvalue weighted by Crippen LogP contribution is 2.07. The first-order valence-electron chi connectivity index (χ1n) is 5.05. The first-order chi connectivity index (χ1) is 7.74. The Hall–Kier alpha value is -1.90. The van der Waals surface area contributed by atoms with Gasteiger partial charge in [0.05, 0.1) is 0 Å². The summed E-state index contributed by atoms with van der Waals surface area (Å²) >= 11 is 0. The molecule has 84 valence electrons. The Balaban J connectivity index is 2.50. The lowest BCUT2D eigenvalue weighted by atomic mass is 10.2. The lowest BCUT2D eigenvalue weighted by Gasteiger charge is -1.98. The topological polar surface area (TPSA) is 29.1 Å². The summed E-state index contributed by atoms with van der Waals surface area (Å²) in [6.07, 6.45) is 5.22. The average molecular weight is 219 g/mol. The van der Waals surface area contributed by atoms with Crippen LogP contribution in [0.5, 0.6) is 0 Å². The van der Waals surface area contributed by atoms with Crippen molar-refractivity contribution in [2.24, 2.45) is 0 Å². The van der Waals surface area contributed by atoms with E-state index in [9.17, 15) is 9.18 Å². The molecule has 0 spiro atoms. The summed E-state index contributed by atoms with van der Waals surface area (Å²) in [5.41, 5.74) is 0.404. The molecule has 0 aliphatic heterocycles. The van der Waals surface area contributed by atoms with Gasteiger partial charge >= 0.3 is 0 Å². The van der Waals surface area contributed by atoms with Crippen molar-refractivity contribution in [3.63, 3.8) is 0 Å². The van der Waals surface area contributed by atoms with E-state index in [1.165, 1.54) is 18.2 Å². The van der Waals surface area contributed by atoms with Crippen molar-refractivity contribution < 1.29 is 9.18 Å². The lowest BCUT2D eigenvalue weighted by molar-refractivity contribution is -0.116. The number of hydrogen-bond donors (Lipinski definition) is 1. The fourth-order valence-corrected chi connectivity index (χ4v) is 1.13. The van der Waals surface area contributed by atoms with E-state index in [1.54, 1.807) is 24.3 Å². The number of rotatable bonds is 5. The van der Waals surface area contributed by atoms with E-state index in [2.05, 4.69) is 11.9 Å². The van der Waals surface area contributed by atoms with Crippen molar-refractivity contribution in [1.82, 2.24) is 5.32 Å². The third-order valence-electron chi connectivity index (χ3n) is 1.97. The molecule has 0 unspecified atom stereocenters. The molecule has 0 fully saturated rings. The van der Waals surface area contributed by atoms with E-state index in [1.807, 2.05) is 0 Å². The van der Waals surface area contributed by atoms with Gasteiger partial charge in [-0.3, -0.25) is 4.79 Å². The van der Waals surface area contributed by atoms with Gasteiger partial charge in [0.25, 0.3) is 0 Å². The Labute approximate surface area is 94.5 Å². The molecule has 1 rings (SSSR count). The van der Waals surface area contributed by atoms with Gasteiger partial charge in [-0.25, -0.2) is 4.39 Å². The maximum atomic E-state index is 13.2. The van der Waals surface area contributed by atoms with Crippen LogP contribution in [0.15, 0.2) is 43.0 Å². The maximum absolute atomic E-state index is 13.2. The Kier molecular flexibility index (Phi) is 4.99. The molecule has 0 radical (unpaired) electrons. The van der Waals surface area contributed by atoms with Gasteiger partial charge in [-0.1, -0.05) is 24.3 Å². The van der Waals surface area contributed by atoms with Gasteiger partial charge in [0.1, 0.15) is 5.82 Å². The molecule has 0 heterocycles. The summed E-state index contributed by atoms with van der Waals surface area (Å²) in [5, 5.41) is 2.65. The largest absolute Gasteiger partial charge is 0.352 e. The van der Waals surface area contributed by atoms with Crippen LogP contribution in [0.3, 0.4) is 0 Å². The highest BCUT2D eigenvalue weighted by molar-refractivity contribution is 5.91. The highest BCUT2D eigenvalue weighted by atomic mass is 19.1. The number of amides is 1. The second-order valence-electron chi connectivity index (χ2n) is 3.22. The summed E-state index contributed by atoms with van der Waals surface area (Å²) in [7, 11) is 0. The molecule has 3 heteroatoms. The van der Waals surface area contributed by atoms with Crippen LogP contribution in [0.25, 0.3) is 6.08 Å². The van der Waals surface area contributed by atoms with Crippen molar-refractivity contribution >= 4 is 12.0 Å². The molecule has 0 atom stereocenters. The third-order valence-corrected chi connectivity index (χ3v) is 1.97. The van der Waals surface area contributed by atoms with Crippen molar-refractivity contribution in [3.8, 4) is 0 Å². The van der Waals surface area contributed by atoms with Crippen LogP contribution in [-0.4, -0.2) is 12.5 Å². The molecule has 0 aliphatic rings. The first-order valence-corrected chi connectivity index (χ1v) is 5.05.